The third-order valence-corrected chi connectivity index (χ3v) is 5.62. The van der Waals surface area contributed by atoms with Crippen molar-refractivity contribution in [3.05, 3.63) is 29.8 Å². The summed E-state index contributed by atoms with van der Waals surface area (Å²) >= 11 is 0. The van der Waals surface area contributed by atoms with Gasteiger partial charge < -0.3 is 5.73 Å². The van der Waals surface area contributed by atoms with Crippen LogP contribution in [0.2, 0.25) is 0 Å². The van der Waals surface area contributed by atoms with Crippen molar-refractivity contribution in [1.82, 2.24) is 4.72 Å². The van der Waals surface area contributed by atoms with Gasteiger partial charge >= 0.3 is 0 Å². The molecule has 19 heavy (non-hydrogen) atoms. The molecule has 1 aromatic carbocycles. The minimum atomic E-state index is -3.49. The molecule has 1 fully saturated rings. The van der Waals surface area contributed by atoms with Crippen molar-refractivity contribution in [3.8, 4) is 0 Å². The second-order valence-electron chi connectivity index (χ2n) is 5.26. The van der Waals surface area contributed by atoms with E-state index < -0.39 is 15.6 Å². The first-order valence-corrected chi connectivity index (χ1v) is 8.33. The molecule has 0 saturated heterocycles. The highest BCUT2D eigenvalue weighted by Crippen LogP contribution is 2.30. The molecule has 5 heteroatoms. The second kappa shape index (κ2) is 5.61. The van der Waals surface area contributed by atoms with E-state index in [9.17, 15) is 8.42 Å². The van der Waals surface area contributed by atoms with E-state index in [-0.39, 0.29) is 0 Å². The normalized spacial score (nSPS) is 18.6. The largest absolute Gasteiger partial charge is 0.329 e. The quantitative estimate of drug-likeness (QED) is 0.865. The summed E-state index contributed by atoms with van der Waals surface area (Å²) in [4.78, 5) is 0.386. The molecule has 0 spiro atoms. The fourth-order valence-electron chi connectivity index (χ4n) is 2.80. The fraction of sp³-hybridized carbons (Fsp3) is 0.571. The van der Waals surface area contributed by atoms with Crippen LogP contribution in [0.1, 0.15) is 38.2 Å². The Morgan fingerprint density at radius 3 is 2.47 bits per heavy atom. The molecule has 3 N–H and O–H groups in total. The predicted octanol–water partition coefficient (Wildman–Crippen LogP) is 1.80. The van der Waals surface area contributed by atoms with Crippen LogP contribution < -0.4 is 10.5 Å². The monoisotopic (exact) mass is 282 g/mol. The fourth-order valence-corrected chi connectivity index (χ4v) is 4.58. The van der Waals surface area contributed by atoms with Crippen LogP contribution in [-0.2, 0) is 16.4 Å². The third-order valence-electron chi connectivity index (χ3n) is 3.95. The lowest BCUT2D eigenvalue weighted by Gasteiger charge is -2.28. The summed E-state index contributed by atoms with van der Waals surface area (Å²) in [5.74, 6) is 0. The average molecular weight is 282 g/mol. The number of hydrogen-bond acceptors (Lipinski definition) is 3. The zero-order valence-electron chi connectivity index (χ0n) is 11.4. The van der Waals surface area contributed by atoms with E-state index in [0.717, 1.165) is 31.2 Å². The van der Waals surface area contributed by atoms with Crippen LogP contribution in [0.4, 0.5) is 0 Å². The van der Waals surface area contributed by atoms with Gasteiger partial charge in [0.2, 0.25) is 10.0 Å². The van der Waals surface area contributed by atoms with E-state index >= 15 is 0 Å². The summed E-state index contributed by atoms with van der Waals surface area (Å²) in [6.45, 7) is 2.32. The molecule has 1 aliphatic carbocycles. The standard InChI is InChI=1S/C14H22N2O2S/c1-2-12-7-3-4-8-13(12)19(17,18)16-14(11-15)9-5-6-10-14/h3-4,7-8,16H,2,5-6,9-11,15H2,1H3. The molecule has 0 aliphatic heterocycles. The van der Waals surface area contributed by atoms with Gasteiger partial charge in [0.25, 0.3) is 0 Å². The first kappa shape index (κ1) is 14.5. The molecule has 0 heterocycles. The van der Waals surface area contributed by atoms with Crippen LogP contribution in [0.5, 0.6) is 0 Å². The van der Waals surface area contributed by atoms with Gasteiger partial charge in [-0.2, -0.15) is 0 Å². The number of sulfonamides is 1. The van der Waals surface area contributed by atoms with E-state index in [1.54, 1.807) is 12.1 Å². The molecule has 0 aromatic heterocycles. The Labute approximate surface area is 115 Å². The topological polar surface area (TPSA) is 72.2 Å². The van der Waals surface area contributed by atoms with Crippen LogP contribution in [0, 0.1) is 0 Å². The number of rotatable bonds is 5. The van der Waals surface area contributed by atoms with E-state index in [1.807, 2.05) is 19.1 Å². The second-order valence-corrected chi connectivity index (χ2v) is 6.91. The van der Waals surface area contributed by atoms with Gasteiger partial charge in [-0.1, -0.05) is 38.0 Å². The first-order valence-electron chi connectivity index (χ1n) is 6.85. The Hall–Kier alpha value is -0.910. The van der Waals surface area contributed by atoms with Gasteiger partial charge in [0.1, 0.15) is 0 Å². The van der Waals surface area contributed by atoms with Crippen molar-refractivity contribution in [2.45, 2.75) is 49.5 Å². The molecule has 2 rings (SSSR count). The lowest BCUT2D eigenvalue weighted by atomic mass is 10.0. The summed E-state index contributed by atoms with van der Waals surface area (Å²) in [5.41, 5.74) is 6.20. The summed E-state index contributed by atoms with van der Waals surface area (Å²) in [6.07, 6.45) is 4.44. The molecule has 0 unspecified atom stereocenters. The maximum absolute atomic E-state index is 12.6. The van der Waals surface area contributed by atoms with Crippen molar-refractivity contribution in [2.75, 3.05) is 6.54 Å². The molecular formula is C14H22N2O2S. The molecule has 106 valence electrons. The van der Waals surface area contributed by atoms with Crippen LogP contribution in [0.25, 0.3) is 0 Å². The third kappa shape index (κ3) is 2.99. The molecule has 1 aliphatic rings. The Balaban J connectivity index is 2.32. The molecule has 0 amide bonds. The highest BCUT2D eigenvalue weighted by atomic mass is 32.2. The summed E-state index contributed by atoms with van der Waals surface area (Å²) < 4.78 is 28.0. The van der Waals surface area contributed by atoms with Crippen molar-refractivity contribution in [2.24, 2.45) is 5.73 Å². The minimum absolute atomic E-state index is 0.362. The van der Waals surface area contributed by atoms with Gasteiger partial charge in [-0.3, -0.25) is 0 Å². The van der Waals surface area contributed by atoms with Gasteiger partial charge in [0.05, 0.1) is 4.90 Å². The van der Waals surface area contributed by atoms with Crippen LogP contribution in [-0.4, -0.2) is 20.5 Å². The number of aryl methyl sites for hydroxylation is 1. The molecule has 0 radical (unpaired) electrons. The SMILES string of the molecule is CCc1ccccc1S(=O)(=O)NC1(CN)CCCC1. The van der Waals surface area contributed by atoms with Crippen LogP contribution >= 0.6 is 0 Å². The number of benzene rings is 1. The van der Waals surface area contributed by atoms with Gasteiger partial charge in [-0.25, -0.2) is 13.1 Å². The Morgan fingerprint density at radius 2 is 1.89 bits per heavy atom. The highest BCUT2D eigenvalue weighted by molar-refractivity contribution is 7.89. The molecule has 4 nitrogen and oxygen atoms in total. The van der Waals surface area contributed by atoms with E-state index in [0.29, 0.717) is 17.9 Å². The smallest absolute Gasteiger partial charge is 0.241 e. The zero-order valence-corrected chi connectivity index (χ0v) is 12.2. The van der Waals surface area contributed by atoms with Gasteiger partial charge in [0.15, 0.2) is 0 Å². The highest BCUT2D eigenvalue weighted by Gasteiger charge is 2.37. The van der Waals surface area contributed by atoms with E-state index in [2.05, 4.69) is 4.72 Å². The van der Waals surface area contributed by atoms with E-state index in [1.165, 1.54) is 0 Å². The predicted molar refractivity (Wildman–Crippen MR) is 76.4 cm³/mol. The van der Waals surface area contributed by atoms with Crippen molar-refractivity contribution >= 4 is 10.0 Å². The van der Waals surface area contributed by atoms with Crippen molar-refractivity contribution < 1.29 is 8.42 Å². The van der Waals surface area contributed by atoms with Crippen molar-refractivity contribution in [3.63, 3.8) is 0 Å². The summed E-state index contributed by atoms with van der Waals surface area (Å²) in [7, 11) is -3.49. The Bertz CT molecular complexity index is 534. The number of hydrogen-bond donors (Lipinski definition) is 2. The van der Waals surface area contributed by atoms with Gasteiger partial charge in [0, 0.05) is 12.1 Å². The maximum Gasteiger partial charge on any atom is 0.241 e. The number of nitrogens with two attached hydrogens (primary N) is 1. The average Bonchev–Trinajstić information content (AvgIpc) is 2.87. The van der Waals surface area contributed by atoms with E-state index in [4.69, 9.17) is 5.73 Å². The first-order chi connectivity index (χ1) is 9.03. The molecule has 1 saturated carbocycles. The van der Waals surface area contributed by atoms with Crippen LogP contribution in [0.3, 0.4) is 0 Å². The number of nitrogens with one attached hydrogen (secondary N) is 1. The molecule has 0 atom stereocenters. The molecular weight excluding hydrogens is 260 g/mol. The lowest BCUT2D eigenvalue weighted by molar-refractivity contribution is 0.399. The van der Waals surface area contributed by atoms with Crippen molar-refractivity contribution in [1.29, 1.82) is 0 Å². The van der Waals surface area contributed by atoms with Gasteiger partial charge in [-0.05, 0) is 30.9 Å². The molecule has 1 aromatic rings. The Morgan fingerprint density at radius 1 is 1.26 bits per heavy atom. The maximum atomic E-state index is 12.6. The molecule has 0 bridgehead atoms. The summed E-state index contributed by atoms with van der Waals surface area (Å²) in [6, 6.07) is 7.16. The van der Waals surface area contributed by atoms with Gasteiger partial charge in [-0.15, -0.1) is 0 Å². The van der Waals surface area contributed by atoms with Crippen LogP contribution in [0.15, 0.2) is 29.2 Å². The minimum Gasteiger partial charge on any atom is -0.329 e. The lowest BCUT2D eigenvalue weighted by Crippen LogP contribution is -2.51. The Kier molecular flexibility index (Phi) is 4.28. The summed E-state index contributed by atoms with van der Waals surface area (Å²) in [5, 5.41) is 0. The zero-order chi connectivity index (χ0) is 13.9.